The number of hydrogen-bond acceptors (Lipinski definition) is 4. The van der Waals surface area contributed by atoms with E-state index in [1.54, 1.807) is 49.5 Å². The number of carbonyl (C=O) groups excluding carboxylic acids is 3. The molecule has 144 valence electrons. The van der Waals surface area contributed by atoms with Gasteiger partial charge in [-0.15, -0.1) is 0 Å². The number of amides is 3. The Balaban J connectivity index is 1.83. The number of carbonyl (C=O) groups is 3. The van der Waals surface area contributed by atoms with Gasteiger partial charge in [-0.2, -0.15) is 0 Å². The summed E-state index contributed by atoms with van der Waals surface area (Å²) in [5.41, 5.74) is -0.227. The second kappa shape index (κ2) is 6.53. The van der Waals surface area contributed by atoms with Crippen molar-refractivity contribution in [2.24, 2.45) is 0 Å². The number of nitrogens with one attached hydrogen (secondary N) is 1. The molecule has 0 spiro atoms. The van der Waals surface area contributed by atoms with E-state index in [2.05, 4.69) is 5.32 Å². The van der Waals surface area contributed by atoms with Crippen LogP contribution in [0.25, 0.3) is 0 Å². The summed E-state index contributed by atoms with van der Waals surface area (Å²) in [6.45, 7) is 0. The Morgan fingerprint density at radius 1 is 1.21 bits per heavy atom. The summed E-state index contributed by atoms with van der Waals surface area (Å²) in [5, 5.41) is 3.27. The van der Waals surface area contributed by atoms with Crippen LogP contribution in [0.5, 0.6) is 5.75 Å². The lowest BCUT2D eigenvalue weighted by molar-refractivity contribution is -0.128. The molecule has 28 heavy (non-hydrogen) atoms. The van der Waals surface area contributed by atoms with Crippen molar-refractivity contribution in [3.05, 3.63) is 53.1 Å². The number of ether oxygens (including phenoxy) is 1. The number of methoxy groups -OCH3 is 1. The summed E-state index contributed by atoms with van der Waals surface area (Å²) in [6.07, 6.45) is 0.342. The van der Waals surface area contributed by atoms with Crippen LogP contribution in [0.15, 0.2) is 42.5 Å². The fraction of sp³-hybridized carbons (Fsp3) is 0.250. The molecule has 2 aliphatic rings. The molecule has 1 saturated heterocycles. The Kier molecular flexibility index (Phi) is 4.27. The van der Waals surface area contributed by atoms with Crippen LogP contribution in [0.4, 0.5) is 11.4 Å². The first kappa shape index (κ1) is 18.3. The molecule has 7 nitrogen and oxygen atoms in total. The van der Waals surface area contributed by atoms with Crippen molar-refractivity contribution in [1.82, 2.24) is 4.90 Å². The molecule has 1 fully saturated rings. The van der Waals surface area contributed by atoms with Gasteiger partial charge in [0.15, 0.2) is 0 Å². The minimum Gasteiger partial charge on any atom is -0.497 e. The van der Waals surface area contributed by atoms with Crippen molar-refractivity contribution in [1.29, 1.82) is 0 Å². The van der Waals surface area contributed by atoms with E-state index in [4.69, 9.17) is 16.3 Å². The molecule has 0 radical (unpaired) electrons. The fourth-order valence-electron chi connectivity index (χ4n) is 3.88. The predicted octanol–water partition coefficient (Wildman–Crippen LogP) is 2.90. The molecule has 0 bridgehead atoms. The lowest BCUT2D eigenvalue weighted by Gasteiger charge is -2.47. The quantitative estimate of drug-likeness (QED) is 0.860. The predicted molar refractivity (Wildman–Crippen MR) is 105 cm³/mol. The monoisotopic (exact) mass is 399 g/mol. The van der Waals surface area contributed by atoms with Crippen LogP contribution in [0.1, 0.15) is 23.2 Å². The molecule has 0 aliphatic carbocycles. The highest BCUT2D eigenvalue weighted by atomic mass is 35.5. The van der Waals surface area contributed by atoms with E-state index in [-0.39, 0.29) is 24.7 Å². The first-order valence-electron chi connectivity index (χ1n) is 8.75. The minimum atomic E-state index is -1.45. The van der Waals surface area contributed by atoms with Crippen molar-refractivity contribution in [2.75, 3.05) is 24.4 Å². The molecule has 2 aliphatic heterocycles. The molecule has 4 rings (SSSR count). The van der Waals surface area contributed by atoms with Gasteiger partial charge < -0.3 is 15.0 Å². The number of rotatable bonds is 3. The molecular weight excluding hydrogens is 382 g/mol. The van der Waals surface area contributed by atoms with Crippen molar-refractivity contribution < 1.29 is 19.1 Å². The first-order chi connectivity index (χ1) is 13.4. The van der Waals surface area contributed by atoms with Crippen LogP contribution in [0.3, 0.4) is 0 Å². The fourth-order valence-corrected chi connectivity index (χ4v) is 4.07. The van der Waals surface area contributed by atoms with Gasteiger partial charge in [0.2, 0.25) is 11.6 Å². The number of likely N-dealkylation sites (N-methyl/N-ethyl adjacent to an activating group) is 1. The van der Waals surface area contributed by atoms with E-state index in [9.17, 15) is 14.4 Å². The van der Waals surface area contributed by atoms with Gasteiger partial charge >= 0.3 is 0 Å². The second-order valence-corrected chi connectivity index (χ2v) is 7.19. The zero-order valence-corrected chi connectivity index (χ0v) is 16.1. The van der Waals surface area contributed by atoms with Gasteiger partial charge in [0, 0.05) is 36.7 Å². The van der Waals surface area contributed by atoms with Crippen LogP contribution in [0, 0.1) is 0 Å². The maximum Gasteiger partial charge on any atom is 0.271 e. The molecule has 0 aromatic heterocycles. The average Bonchev–Trinajstić information content (AvgIpc) is 3.04. The molecular formula is C20H18ClN3O4. The highest BCUT2D eigenvalue weighted by Crippen LogP contribution is 2.45. The topological polar surface area (TPSA) is 79.0 Å². The number of halogens is 1. The normalized spacial score (nSPS) is 20.7. The molecule has 1 atom stereocenters. The van der Waals surface area contributed by atoms with Gasteiger partial charge in [-0.05, 0) is 30.3 Å². The number of benzene rings is 2. The number of nitrogens with zero attached hydrogens (tertiary/aromatic N) is 2. The summed E-state index contributed by atoms with van der Waals surface area (Å²) >= 11 is 6.00. The number of fused-ring (bicyclic) bond motifs is 3. The third-order valence-electron chi connectivity index (χ3n) is 5.29. The summed E-state index contributed by atoms with van der Waals surface area (Å²) in [6, 6.07) is 11.6. The van der Waals surface area contributed by atoms with E-state index >= 15 is 0 Å². The largest absolute Gasteiger partial charge is 0.497 e. The number of hydrogen-bond donors (Lipinski definition) is 1. The van der Waals surface area contributed by atoms with Crippen molar-refractivity contribution in [2.45, 2.75) is 18.5 Å². The van der Waals surface area contributed by atoms with E-state index in [0.717, 1.165) is 0 Å². The third-order valence-corrected chi connectivity index (χ3v) is 5.52. The van der Waals surface area contributed by atoms with Gasteiger partial charge in [0.25, 0.3) is 11.8 Å². The van der Waals surface area contributed by atoms with Crippen LogP contribution in [0.2, 0.25) is 5.02 Å². The highest BCUT2D eigenvalue weighted by molar-refractivity contribution is 6.31. The van der Waals surface area contributed by atoms with Crippen LogP contribution < -0.4 is 15.0 Å². The van der Waals surface area contributed by atoms with E-state index in [1.165, 1.54) is 16.9 Å². The smallest absolute Gasteiger partial charge is 0.271 e. The third kappa shape index (κ3) is 2.54. The van der Waals surface area contributed by atoms with E-state index < -0.39 is 11.6 Å². The molecule has 3 amide bonds. The van der Waals surface area contributed by atoms with Crippen LogP contribution in [-0.2, 0) is 9.59 Å². The lowest BCUT2D eigenvalue weighted by Crippen LogP contribution is -2.68. The lowest BCUT2D eigenvalue weighted by atomic mass is 9.96. The van der Waals surface area contributed by atoms with Gasteiger partial charge in [-0.1, -0.05) is 17.7 Å². The zero-order valence-electron chi connectivity index (χ0n) is 15.4. The average molecular weight is 400 g/mol. The van der Waals surface area contributed by atoms with Crippen LogP contribution in [-0.4, -0.2) is 42.4 Å². The van der Waals surface area contributed by atoms with Crippen molar-refractivity contribution >= 4 is 40.7 Å². The molecule has 2 aromatic rings. The van der Waals surface area contributed by atoms with Gasteiger partial charge in [0.05, 0.1) is 18.4 Å². The van der Waals surface area contributed by atoms with Gasteiger partial charge in [-0.3, -0.25) is 19.3 Å². The Morgan fingerprint density at radius 3 is 2.71 bits per heavy atom. The Hall–Kier alpha value is -3.06. The van der Waals surface area contributed by atoms with Gasteiger partial charge in [-0.25, -0.2) is 0 Å². The highest BCUT2D eigenvalue weighted by Gasteiger charge is 2.59. The summed E-state index contributed by atoms with van der Waals surface area (Å²) in [7, 11) is 3.04. The molecule has 8 heteroatoms. The Labute approximate surface area is 166 Å². The Bertz CT molecular complexity index is 1010. The maximum atomic E-state index is 13.4. The molecule has 1 N–H and O–H groups in total. The minimum absolute atomic E-state index is 0.150. The summed E-state index contributed by atoms with van der Waals surface area (Å²) in [5.74, 6) is -0.523. The van der Waals surface area contributed by atoms with Gasteiger partial charge in [0.1, 0.15) is 5.75 Å². The molecule has 0 saturated carbocycles. The molecule has 2 heterocycles. The SMILES string of the molecule is COc1ccc2c(c1)N1C(=O)CCC1(C(=O)Nc1cccc(Cl)c1)N(C)C2=O. The second-order valence-electron chi connectivity index (χ2n) is 6.76. The maximum absolute atomic E-state index is 13.4. The standard InChI is InChI=1S/C20H18ClN3O4/c1-23-18(26)15-7-6-14(28-2)11-16(15)24-17(25)8-9-20(23,24)19(27)22-13-5-3-4-12(21)10-13/h3-7,10-11H,8-9H2,1-2H3,(H,22,27). The zero-order chi connectivity index (χ0) is 20.1. The summed E-state index contributed by atoms with van der Waals surface area (Å²) in [4.78, 5) is 41.9. The molecule has 1 unspecified atom stereocenters. The summed E-state index contributed by atoms with van der Waals surface area (Å²) < 4.78 is 5.25. The van der Waals surface area contributed by atoms with Crippen molar-refractivity contribution in [3.8, 4) is 5.75 Å². The number of anilines is 2. The Morgan fingerprint density at radius 2 is 2.00 bits per heavy atom. The van der Waals surface area contributed by atoms with Crippen LogP contribution >= 0.6 is 11.6 Å². The van der Waals surface area contributed by atoms with E-state index in [0.29, 0.717) is 27.7 Å². The van der Waals surface area contributed by atoms with E-state index in [1.807, 2.05) is 0 Å². The molecule has 2 aromatic carbocycles. The van der Waals surface area contributed by atoms with Crippen molar-refractivity contribution in [3.63, 3.8) is 0 Å². The first-order valence-corrected chi connectivity index (χ1v) is 9.12.